The molecule has 0 unspecified atom stereocenters. The Hall–Kier alpha value is -1.55. The molecule has 0 radical (unpaired) electrons. The lowest BCUT2D eigenvalue weighted by molar-refractivity contribution is -0.153. The van der Waals surface area contributed by atoms with Gasteiger partial charge in [0.2, 0.25) is 0 Å². The number of hydrogen-bond donors (Lipinski definition) is 2. The van der Waals surface area contributed by atoms with E-state index in [2.05, 4.69) is 14.7 Å². The third-order valence-corrected chi connectivity index (χ3v) is 3.62. The Morgan fingerprint density at radius 1 is 1.22 bits per heavy atom. The highest BCUT2D eigenvalue weighted by Crippen LogP contribution is 2.33. The molecule has 0 bridgehead atoms. The molecule has 0 saturated carbocycles. The van der Waals surface area contributed by atoms with Crippen molar-refractivity contribution < 1.29 is 27.6 Å². The van der Waals surface area contributed by atoms with Gasteiger partial charge in [0.1, 0.15) is 0 Å². The maximum absolute atomic E-state index is 12.2. The standard InChI is InChI=1S/C13H21BF3N3O3/c1-11(2,3)12(4,5)23-14(21)8-6-19-9(18)10(20-8)22-7-13(15,16)17/h6,21H,7H2,1-5H3,(H2,18,19). The predicted molar refractivity (Wildman–Crippen MR) is 80.2 cm³/mol. The lowest BCUT2D eigenvalue weighted by Crippen LogP contribution is -2.49. The molecule has 0 saturated heterocycles. The average molecular weight is 335 g/mol. The first-order valence-electron chi connectivity index (χ1n) is 6.91. The summed E-state index contributed by atoms with van der Waals surface area (Å²) in [6.07, 6.45) is -3.41. The van der Waals surface area contributed by atoms with Crippen molar-refractivity contribution >= 4 is 18.5 Å². The quantitative estimate of drug-likeness (QED) is 0.793. The second-order valence-corrected chi connectivity index (χ2v) is 6.62. The molecule has 1 rings (SSSR count). The fraction of sp³-hybridized carbons (Fsp3) is 0.692. The van der Waals surface area contributed by atoms with Crippen LogP contribution in [0.25, 0.3) is 0 Å². The first-order chi connectivity index (χ1) is 10.2. The van der Waals surface area contributed by atoms with Crippen molar-refractivity contribution in [3.63, 3.8) is 0 Å². The monoisotopic (exact) mass is 335 g/mol. The van der Waals surface area contributed by atoms with Crippen molar-refractivity contribution in [2.75, 3.05) is 12.3 Å². The Balaban J connectivity index is 2.92. The van der Waals surface area contributed by atoms with Gasteiger partial charge in [0.25, 0.3) is 5.88 Å². The van der Waals surface area contributed by atoms with E-state index in [0.717, 1.165) is 6.20 Å². The fourth-order valence-corrected chi connectivity index (χ4v) is 1.29. The van der Waals surface area contributed by atoms with Crippen LogP contribution in [0.15, 0.2) is 6.20 Å². The normalized spacial score (nSPS) is 13.1. The maximum atomic E-state index is 12.2. The first-order valence-corrected chi connectivity index (χ1v) is 6.91. The van der Waals surface area contributed by atoms with Crippen LogP contribution in [0.1, 0.15) is 34.6 Å². The zero-order valence-corrected chi connectivity index (χ0v) is 13.7. The highest BCUT2D eigenvalue weighted by molar-refractivity contribution is 6.59. The molecule has 1 aromatic heterocycles. The van der Waals surface area contributed by atoms with Crippen LogP contribution < -0.4 is 16.1 Å². The molecule has 1 heterocycles. The highest BCUT2D eigenvalue weighted by atomic mass is 19.4. The summed E-state index contributed by atoms with van der Waals surface area (Å²) in [5.74, 6) is -0.809. The molecule has 130 valence electrons. The molecule has 0 aliphatic carbocycles. The number of hydrogen-bond acceptors (Lipinski definition) is 6. The van der Waals surface area contributed by atoms with Gasteiger partial charge in [-0.2, -0.15) is 13.2 Å². The molecule has 3 N–H and O–H groups in total. The molecule has 0 atom stereocenters. The molecule has 6 nitrogen and oxygen atoms in total. The summed E-state index contributed by atoms with van der Waals surface area (Å²) < 4.78 is 46.7. The molecule has 0 aromatic carbocycles. The summed E-state index contributed by atoms with van der Waals surface area (Å²) in [6.45, 7) is 7.77. The molecule has 10 heteroatoms. The molecule has 0 aliphatic heterocycles. The van der Waals surface area contributed by atoms with Gasteiger partial charge in [0, 0.05) is 6.20 Å². The largest absolute Gasteiger partial charge is 0.513 e. The fourth-order valence-electron chi connectivity index (χ4n) is 1.29. The lowest BCUT2D eigenvalue weighted by atomic mass is 9.75. The van der Waals surface area contributed by atoms with Crippen molar-refractivity contribution in [2.24, 2.45) is 5.41 Å². The Bertz CT molecular complexity index is 547. The molecular formula is C13H21BF3N3O3. The van der Waals surface area contributed by atoms with E-state index in [-0.39, 0.29) is 16.8 Å². The third-order valence-electron chi connectivity index (χ3n) is 3.62. The molecule has 0 amide bonds. The summed E-state index contributed by atoms with van der Waals surface area (Å²) in [5.41, 5.74) is 4.30. The van der Waals surface area contributed by atoms with Gasteiger partial charge in [-0.25, -0.2) is 9.97 Å². The SMILES string of the molecule is CC(C)(C)C(C)(C)OB(O)c1cnc(N)c(OCC(F)(F)F)n1. The van der Waals surface area contributed by atoms with Crippen LogP contribution in [0.3, 0.4) is 0 Å². The van der Waals surface area contributed by atoms with Gasteiger partial charge in [-0.15, -0.1) is 0 Å². The van der Waals surface area contributed by atoms with Crippen LogP contribution in [-0.4, -0.2) is 40.5 Å². The number of nitrogens with zero attached hydrogens (tertiary/aromatic N) is 2. The van der Waals surface area contributed by atoms with Gasteiger partial charge in [-0.3, -0.25) is 0 Å². The number of halogens is 3. The summed E-state index contributed by atoms with van der Waals surface area (Å²) in [5, 5.41) is 10.1. The molecule has 0 spiro atoms. The topological polar surface area (TPSA) is 90.5 Å². The second-order valence-electron chi connectivity index (χ2n) is 6.62. The number of ether oxygens (including phenoxy) is 1. The third kappa shape index (κ3) is 5.54. The number of nitrogens with two attached hydrogens (primary N) is 1. The zero-order valence-electron chi connectivity index (χ0n) is 13.7. The van der Waals surface area contributed by atoms with Gasteiger partial charge < -0.3 is 20.1 Å². The van der Waals surface area contributed by atoms with Crippen molar-refractivity contribution in [3.8, 4) is 5.88 Å². The minimum Gasteiger partial charge on any atom is -0.465 e. The van der Waals surface area contributed by atoms with Crippen LogP contribution in [0, 0.1) is 5.41 Å². The average Bonchev–Trinajstić information content (AvgIpc) is 2.34. The number of nitrogen functional groups attached to an aromatic ring is 1. The number of anilines is 1. The molecule has 1 aromatic rings. The van der Waals surface area contributed by atoms with Crippen molar-refractivity contribution in [1.82, 2.24) is 9.97 Å². The maximum Gasteiger partial charge on any atom is 0.513 e. The minimum absolute atomic E-state index is 0.0892. The zero-order chi connectivity index (χ0) is 18.1. The summed E-state index contributed by atoms with van der Waals surface area (Å²) in [7, 11) is -1.48. The Morgan fingerprint density at radius 2 is 1.78 bits per heavy atom. The van der Waals surface area contributed by atoms with Crippen LogP contribution in [0.2, 0.25) is 0 Å². The van der Waals surface area contributed by atoms with Crippen LogP contribution in [0.5, 0.6) is 5.88 Å². The second kappa shape index (κ2) is 6.52. The van der Waals surface area contributed by atoms with E-state index in [1.807, 2.05) is 20.8 Å². The predicted octanol–water partition coefficient (Wildman–Crippen LogP) is 1.53. The lowest BCUT2D eigenvalue weighted by Gasteiger charge is -2.39. The first kappa shape index (κ1) is 19.5. The number of aromatic nitrogens is 2. The van der Waals surface area contributed by atoms with E-state index in [0.29, 0.717) is 0 Å². The molecule has 0 aliphatic rings. The van der Waals surface area contributed by atoms with E-state index in [1.165, 1.54) is 0 Å². The van der Waals surface area contributed by atoms with Crippen molar-refractivity contribution in [3.05, 3.63) is 6.20 Å². The van der Waals surface area contributed by atoms with E-state index in [1.54, 1.807) is 13.8 Å². The Kier molecular flexibility index (Phi) is 5.53. The summed E-state index contributed by atoms with van der Waals surface area (Å²) in [6, 6.07) is 0. The van der Waals surface area contributed by atoms with Crippen LogP contribution in [-0.2, 0) is 4.65 Å². The van der Waals surface area contributed by atoms with Gasteiger partial charge in [0.05, 0.1) is 11.2 Å². The number of rotatable bonds is 5. The van der Waals surface area contributed by atoms with E-state index >= 15 is 0 Å². The van der Waals surface area contributed by atoms with Crippen LogP contribution in [0.4, 0.5) is 19.0 Å². The van der Waals surface area contributed by atoms with Gasteiger partial charge >= 0.3 is 13.3 Å². The Morgan fingerprint density at radius 3 is 2.26 bits per heavy atom. The van der Waals surface area contributed by atoms with Gasteiger partial charge in [-0.1, -0.05) is 20.8 Å². The summed E-state index contributed by atoms with van der Waals surface area (Å²) in [4.78, 5) is 7.43. The Labute approximate surface area is 133 Å². The molecule has 0 fully saturated rings. The van der Waals surface area contributed by atoms with E-state index < -0.39 is 31.4 Å². The molecular weight excluding hydrogens is 314 g/mol. The van der Waals surface area contributed by atoms with Crippen molar-refractivity contribution in [1.29, 1.82) is 0 Å². The smallest absolute Gasteiger partial charge is 0.465 e. The highest BCUT2D eigenvalue weighted by Gasteiger charge is 2.38. The van der Waals surface area contributed by atoms with Crippen LogP contribution >= 0.6 is 0 Å². The van der Waals surface area contributed by atoms with Gasteiger partial charge in [-0.05, 0) is 19.3 Å². The number of alkyl halides is 3. The summed E-state index contributed by atoms with van der Waals surface area (Å²) >= 11 is 0. The van der Waals surface area contributed by atoms with Crippen molar-refractivity contribution in [2.45, 2.75) is 46.4 Å². The minimum atomic E-state index is -4.53. The van der Waals surface area contributed by atoms with Gasteiger partial charge in [0.15, 0.2) is 12.4 Å². The van der Waals surface area contributed by atoms with E-state index in [4.69, 9.17) is 10.4 Å². The molecule has 23 heavy (non-hydrogen) atoms. The van der Waals surface area contributed by atoms with E-state index in [9.17, 15) is 18.2 Å².